The molecule has 0 bridgehead atoms. The van der Waals surface area contributed by atoms with Crippen LogP contribution in [-0.4, -0.2) is 36.6 Å². The van der Waals surface area contributed by atoms with Crippen LogP contribution in [0.1, 0.15) is 26.2 Å². The molecule has 0 heterocycles. The van der Waals surface area contributed by atoms with Gasteiger partial charge in [-0.25, -0.2) is 0 Å². The summed E-state index contributed by atoms with van der Waals surface area (Å²) in [7, 11) is 0. The van der Waals surface area contributed by atoms with Crippen LogP contribution >= 0.6 is 0 Å². The zero-order chi connectivity index (χ0) is 13.1. The van der Waals surface area contributed by atoms with Gasteiger partial charge in [0.05, 0.1) is 13.1 Å². The van der Waals surface area contributed by atoms with Crippen LogP contribution in [0.4, 0.5) is 0 Å². The summed E-state index contributed by atoms with van der Waals surface area (Å²) in [6.07, 6.45) is 6.62. The lowest BCUT2D eigenvalue weighted by atomic mass is 10.0. The van der Waals surface area contributed by atoms with E-state index in [0.29, 0.717) is 25.4 Å². The molecule has 0 fully saturated rings. The van der Waals surface area contributed by atoms with Gasteiger partial charge in [-0.3, -0.25) is 14.9 Å². The minimum Gasteiger partial charge on any atom is -0.481 e. The molecule has 0 saturated carbocycles. The Hall–Kier alpha value is -1.54. The maximum Gasteiger partial charge on any atom is 0.303 e. The highest BCUT2D eigenvalue weighted by Gasteiger charge is 2.06. The fourth-order valence-corrected chi connectivity index (χ4v) is 1.28. The largest absolute Gasteiger partial charge is 0.481 e. The summed E-state index contributed by atoms with van der Waals surface area (Å²) in [6.45, 7) is 3.14. The first-order valence-corrected chi connectivity index (χ1v) is 5.69. The van der Waals surface area contributed by atoms with Gasteiger partial charge in [0.25, 0.3) is 0 Å². The summed E-state index contributed by atoms with van der Waals surface area (Å²) in [6, 6.07) is 0. The fourth-order valence-electron chi connectivity index (χ4n) is 1.28. The number of carboxylic acids is 1. The van der Waals surface area contributed by atoms with E-state index >= 15 is 0 Å². The van der Waals surface area contributed by atoms with Crippen molar-refractivity contribution in [2.45, 2.75) is 26.2 Å². The lowest BCUT2D eigenvalue weighted by Gasteiger charge is -2.10. The second-order valence-corrected chi connectivity index (χ2v) is 3.98. The number of carbonyl (C=O) groups excluding carboxylic acids is 1. The van der Waals surface area contributed by atoms with E-state index in [-0.39, 0.29) is 18.9 Å². The molecule has 5 nitrogen and oxygen atoms in total. The third-order valence-corrected chi connectivity index (χ3v) is 2.32. The first-order valence-electron chi connectivity index (χ1n) is 5.69. The van der Waals surface area contributed by atoms with Gasteiger partial charge in [-0.2, -0.15) is 0 Å². The predicted molar refractivity (Wildman–Crippen MR) is 65.4 cm³/mol. The number of terminal acetylenes is 1. The summed E-state index contributed by atoms with van der Waals surface area (Å²) in [5.74, 6) is 1.80. The molecular formula is C12H20N2O3. The Morgan fingerprint density at radius 2 is 2.12 bits per heavy atom. The number of carboxylic acid groups (broad SMARTS) is 1. The maximum absolute atomic E-state index is 11.2. The van der Waals surface area contributed by atoms with E-state index in [1.54, 1.807) is 0 Å². The third kappa shape index (κ3) is 10.7. The standard InChI is InChI=1S/C12H20N2O3/c1-3-7-13-9-11(15)14-8-6-10(2)4-5-12(16)17/h1,10,13H,4-9H2,2H3,(H,14,15)(H,16,17). The number of carbonyl (C=O) groups is 2. The lowest BCUT2D eigenvalue weighted by Crippen LogP contribution is -2.34. The highest BCUT2D eigenvalue weighted by Crippen LogP contribution is 2.08. The van der Waals surface area contributed by atoms with Crippen molar-refractivity contribution in [2.75, 3.05) is 19.6 Å². The van der Waals surface area contributed by atoms with Crippen molar-refractivity contribution in [3.8, 4) is 12.3 Å². The van der Waals surface area contributed by atoms with Crippen LogP contribution in [0.15, 0.2) is 0 Å². The molecule has 0 aliphatic carbocycles. The summed E-state index contributed by atoms with van der Waals surface area (Å²) in [4.78, 5) is 21.6. The lowest BCUT2D eigenvalue weighted by molar-refractivity contribution is -0.137. The number of nitrogens with one attached hydrogen (secondary N) is 2. The fraction of sp³-hybridized carbons (Fsp3) is 0.667. The minimum atomic E-state index is -0.778. The van der Waals surface area contributed by atoms with Crippen molar-refractivity contribution >= 4 is 11.9 Å². The highest BCUT2D eigenvalue weighted by atomic mass is 16.4. The molecule has 0 spiro atoms. The first kappa shape index (κ1) is 15.5. The molecule has 0 radical (unpaired) electrons. The quantitative estimate of drug-likeness (QED) is 0.398. The zero-order valence-electron chi connectivity index (χ0n) is 10.2. The van der Waals surface area contributed by atoms with E-state index in [2.05, 4.69) is 16.6 Å². The average Bonchev–Trinajstić information content (AvgIpc) is 2.27. The number of rotatable bonds is 9. The Bertz CT molecular complexity index is 284. The summed E-state index contributed by atoms with van der Waals surface area (Å²) < 4.78 is 0. The molecule has 17 heavy (non-hydrogen) atoms. The molecule has 5 heteroatoms. The van der Waals surface area contributed by atoms with Crippen molar-refractivity contribution in [1.82, 2.24) is 10.6 Å². The number of aliphatic carboxylic acids is 1. The monoisotopic (exact) mass is 240 g/mol. The van der Waals surface area contributed by atoms with Crippen molar-refractivity contribution in [3.05, 3.63) is 0 Å². The third-order valence-electron chi connectivity index (χ3n) is 2.32. The second-order valence-electron chi connectivity index (χ2n) is 3.98. The van der Waals surface area contributed by atoms with Gasteiger partial charge in [-0.05, 0) is 18.8 Å². The van der Waals surface area contributed by atoms with Crippen LogP contribution < -0.4 is 10.6 Å². The molecule has 1 unspecified atom stereocenters. The molecule has 0 aromatic rings. The average molecular weight is 240 g/mol. The molecular weight excluding hydrogens is 220 g/mol. The smallest absolute Gasteiger partial charge is 0.303 e. The molecule has 0 aliphatic rings. The summed E-state index contributed by atoms with van der Waals surface area (Å²) in [5.41, 5.74) is 0. The van der Waals surface area contributed by atoms with Gasteiger partial charge in [-0.15, -0.1) is 6.42 Å². The van der Waals surface area contributed by atoms with Crippen LogP contribution in [0.5, 0.6) is 0 Å². The van der Waals surface area contributed by atoms with Gasteiger partial charge in [0.2, 0.25) is 5.91 Å². The van der Waals surface area contributed by atoms with Gasteiger partial charge in [0.15, 0.2) is 0 Å². The second kappa shape index (κ2) is 9.67. The van der Waals surface area contributed by atoms with E-state index in [0.717, 1.165) is 6.42 Å². The Morgan fingerprint density at radius 3 is 2.71 bits per heavy atom. The Labute approximate surface area is 102 Å². The number of amides is 1. The van der Waals surface area contributed by atoms with Gasteiger partial charge in [0.1, 0.15) is 0 Å². The van der Waals surface area contributed by atoms with Gasteiger partial charge in [0, 0.05) is 13.0 Å². The molecule has 1 amide bonds. The molecule has 1 atom stereocenters. The molecule has 0 aliphatic heterocycles. The van der Waals surface area contributed by atoms with Crippen LogP contribution in [0.3, 0.4) is 0 Å². The molecule has 0 saturated heterocycles. The van der Waals surface area contributed by atoms with E-state index in [4.69, 9.17) is 11.5 Å². The Morgan fingerprint density at radius 1 is 1.41 bits per heavy atom. The molecule has 3 N–H and O–H groups in total. The maximum atomic E-state index is 11.2. The van der Waals surface area contributed by atoms with Crippen molar-refractivity contribution in [3.63, 3.8) is 0 Å². The minimum absolute atomic E-state index is 0.0920. The molecule has 0 rings (SSSR count). The number of hydrogen-bond donors (Lipinski definition) is 3. The van der Waals surface area contributed by atoms with Crippen LogP contribution in [0, 0.1) is 18.3 Å². The zero-order valence-corrected chi connectivity index (χ0v) is 10.2. The van der Waals surface area contributed by atoms with E-state index in [1.165, 1.54) is 0 Å². The molecule has 0 aromatic carbocycles. The SMILES string of the molecule is C#CCNCC(=O)NCCC(C)CCC(=O)O. The van der Waals surface area contributed by atoms with Crippen molar-refractivity contribution in [2.24, 2.45) is 5.92 Å². The van der Waals surface area contributed by atoms with Crippen LogP contribution in [-0.2, 0) is 9.59 Å². The van der Waals surface area contributed by atoms with Crippen LogP contribution in [0.25, 0.3) is 0 Å². The van der Waals surface area contributed by atoms with E-state index in [9.17, 15) is 9.59 Å². The molecule has 0 aromatic heterocycles. The van der Waals surface area contributed by atoms with E-state index < -0.39 is 5.97 Å². The van der Waals surface area contributed by atoms with Gasteiger partial charge in [-0.1, -0.05) is 12.8 Å². The predicted octanol–water partition coefficient (Wildman–Crippen LogP) is 0.216. The Balaban J connectivity index is 3.46. The van der Waals surface area contributed by atoms with Crippen LogP contribution in [0.2, 0.25) is 0 Å². The van der Waals surface area contributed by atoms with Gasteiger partial charge < -0.3 is 10.4 Å². The highest BCUT2D eigenvalue weighted by molar-refractivity contribution is 5.77. The van der Waals surface area contributed by atoms with Crippen molar-refractivity contribution in [1.29, 1.82) is 0 Å². The van der Waals surface area contributed by atoms with E-state index in [1.807, 2.05) is 6.92 Å². The first-order chi connectivity index (χ1) is 8.06. The summed E-state index contributed by atoms with van der Waals surface area (Å²) in [5, 5.41) is 14.0. The number of hydrogen-bond acceptors (Lipinski definition) is 3. The van der Waals surface area contributed by atoms with Crippen molar-refractivity contribution < 1.29 is 14.7 Å². The topological polar surface area (TPSA) is 78.4 Å². The normalized spacial score (nSPS) is 11.5. The summed E-state index contributed by atoms with van der Waals surface area (Å²) >= 11 is 0. The van der Waals surface area contributed by atoms with Gasteiger partial charge >= 0.3 is 5.97 Å². The molecule has 96 valence electrons. The Kier molecular flexibility index (Phi) is 8.79.